The monoisotopic (exact) mass is 486 g/mol. The van der Waals surface area contributed by atoms with Crippen LogP contribution in [-0.2, 0) is 4.79 Å². The van der Waals surface area contributed by atoms with Crippen molar-refractivity contribution in [1.82, 2.24) is 20.2 Å². The van der Waals surface area contributed by atoms with E-state index in [1.807, 2.05) is 0 Å². The van der Waals surface area contributed by atoms with Gasteiger partial charge in [0.15, 0.2) is 11.5 Å². The molecule has 0 unspecified atom stereocenters. The van der Waals surface area contributed by atoms with E-state index in [4.69, 9.17) is 19.3 Å². The van der Waals surface area contributed by atoms with Gasteiger partial charge in [0.05, 0.1) is 17.6 Å². The molecule has 34 heavy (non-hydrogen) atoms. The highest BCUT2D eigenvalue weighted by molar-refractivity contribution is 8.18. The van der Waals surface area contributed by atoms with Gasteiger partial charge in [-0.05, 0) is 42.5 Å². The maximum Gasteiger partial charge on any atom is 0.407 e. The van der Waals surface area contributed by atoms with Crippen molar-refractivity contribution in [2.45, 2.75) is 25.9 Å². The lowest BCUT2D eigenvalue weighted by atomic mass is 10.1. The zero-order valence-corrected chi connectivity index (χ0v) is 19.3. The summed E-state index contributed by atoms with van der Waals surface area (Å²) in [6.07, 6.45) is 2.98. The highest BCUT2D eigenvalue weighted by atomic mass is 32.2. The van der Waals surface area contributed by atoms with Gasteiger partial charge in [-0.15, -0.1) is 0 Å². The van der Waals surface area contributed by atoms with E-state index in [1.165, 1.54) is 18.3 Å². The number of carbonyl (C=O) groups is 3. The van der Waals surface area contributed by atoms with Crippen LogP contribution in [0, 0.1) is 6.92 Å². The van der Waals surface area contributed by atoms with E-state index >= 15 is 0 Å². The number of imide groups is 1. The summed E-state index contributed by atoms with van der Waals surface area (Å²) in [4.78, 5) is 44.3. The first kappa shape index (κ1) is 23.4. The minimum atomic E-state index is -0.928. The van der Waals surface area contributed by atoms with E-state index in [0.717, 1.165) is 11.8 Å². The normalized spacial score (nSPS) is 17.6. The Labute approximate surface area is 199 Å². The molecule has 2 aliphatic heterocycles. The molecule has 0 atom stereocenters. The van der Waals surface area contributed by atoms with Crippen LogP contribution >= 0.6 is 11.8 Å². The summed E-state index contributed by atoms with van der Waals surface area (Å²) >= 11 is 0.835. The van der Waals surface area contributed by atoms with Gasteiger partial charge in [-0.1, -0.05) is 6.07 Å². The lowest BCUT2D eigenvalue weighted by Gasteiger charge is -2.30. The van der Waals surface area contributed by atoms with E-state index in [2.05, 4.69) is 15.3 Å². The summed E-state index contributed by atoms with van der Waals surface area (Å²) in [6, 6.07) is 5.09. The van der Waals surface area contributed by atoms with Crippen molar-refractivity contribution < 1.29 is 33.7 Å². The number of carbonyl (C=O) groups excluding carboxylic acids is 2. The summed E-state index contributed by atoms with van der Waals surface area (Å²) in [5.74, 6) is 1.02. The Kier molecular flexibility index (Phi) is 6.87. The predicted molar refractivity (Wildman–Crippen MR) is 122 cm³/mol. The zero-order chi connectivity index (χ0) is 24.2. The quantitative estimate of drug-likeness (QED) is 0.584. The zero-order valence-electron chi connectivity index (χ0n) is 18.4. The minimum absolute atomic E-state index is 0.156. The van der Waals surface area contributed by atoms with Gasteiger partial charge < -0.3 is 24.2 Å². The predicted octanol–water partition coefficient (Wildman–Crippen LogP) is 3.43. The third kappa shape index (κ3) is 5.22. The number of methoxy groups -OCH3 is 1. The van der Waals surface area contributed by atoms with E-state index in [-0.39, 0.29) is 12.0 Å². The Hall–Kier alpha value is -3.80. The molecular weight excluding hydrogens is 464 g/mol. The van der Waals surface area contributed by atoms with Crippen LogP contribution in [0.1, 0.15) is 24.0 Å². The van der Waals surface area contributed by atoms with Gasteiger partial charge in [-0.25, -0.2) is 14.8 Å². The van der Waals surface area contributed by atoms with Crippen LogP contribution in [0.5, 0.6) is 23.3 Å². The van der Waals surface area contributed by atoms with Gasteiger partial charge in [0.25, 0.3) is 11.1 Å². The molecule has 2 fully saturated rings. The summed E-state index contributed by atoms with van der Waals surface area (Å²) in [5.41, 5.74) is 1.25. The average molecular weight is 487 g/mol. The molecule has 178 valence electrons. The number of piperidine rings is 1. The third-order valence-electron chi connectivity index (χ3n) is 5.32. The van der Waals surface area contributed by atoms with Crippen molar-refractivity contribution in [3.05, 3.63) is 40.6 Å². The van der Waals surface area contributed by atoms with Gasteiger partial charge in [0.1, 0.15) is 12.4 Å². The standard InChI is InChI=1S/C22H22N4O7S/c1-12-19(32-14-5-7-26(8-6-14)22(29)30)23-11-24-20(12)33-15-4-3-13(9-16(15)31-2)10-17-18(27)25-21(28)34-17/h3-4,9-11,14H,5-8H2,1-2H3,(H,29,30)(H,25,27,28). The van der Waals surface area contributed by atoms with Crippen LogP contribution in [0.25, 0.3) is 6.08 Å². The topological polar surface area (TPSA) is 140 Å². The molecule has 2 N–H and O–H groups in total. The number of aromatic nitrogens is 2. The molecular formula is C22H22N4O7S. The largest absolute Gasteiger partial charge is 0.493 e. The number of likely N-dealkylation sites (tertiary alicyclic amines) is 1. The van der Waals surface area contributed by atoms with Gasteiger partial charge in [0.2, 0.25) is 11.8 Å². The minimum Gasteiger partial charge on any atom is -0.493 e. The van der Waals surface area contributed by atoms with Crippen molar-refractivity contribution in [3.63, 3.8) is 0 Å². The number of hydrogen-bond acceptors (Lipinski definition) is 9. The molecule has 3 heterocycles. The Bertz CT molecular complexity index is 1160. The number of benzene rings is 1. The third-order valence-corrected chi connectivity index (χ3v) is 6.13. The number of hydrogen-bond donors (Lipinski definition) is 2. The number of amides is 3. The Balaban J connectivity index is 1.48. The van der Waals surface area contributed by atoms with Crippen molar-refractivity contribution >= 4 is 35.1 Å². The van der Waals surface area contributed by atoms with E-state index in [0.29, 0.717) is 59.3 Å². The molecule has 0 bridgehead atoms. The van der Waals surface area contributed by atoms with Gasteiger partial charge in [-0.3, -0.25) is 14.9 Å². The molecule has 11 nitrogen and oxygen atoms in total. The van der Waals surface area contributed by atoms with Gasteiger partial charge >= 0.3 is 6.09 Å². The highest BCUT2D eigenvalue weighted by Gasteiger charge is 2.26. The second-order valence-corrected chi connectivity index (χ2v) is 8.58. The first-order valence-corrected chi connectivity index (χ1v) is 11.2. The van der Waals surface area contributed by atoms with Crippen molar-refractivity contribution in [1.29, 1.82) is 0 Å². The van der Waals surface area contributed by atoms with Gasteiger partial charge in [0, 0.05) is 25.9 Å². The summed E-state index contributed by atoms with van der Waals surface area (Å²) < 4.78 is 17.4. The van der Waals surface area contributed by atoms with E-state index < -0.39 is 17.2 Å². The Morgan fingerprint density at radius 3 is 2.59 bits per heavy atom. The maximum atomic E-state index is 11.8. The van der Waals surface area contributed by atoms with Crippen LogP contribution in [-0.4, -0.2) is 63.5 Å². The smallest absolute Gasteiger partial charge is 0.407 e. The van der Waals surface area contributed by atoms with Crippen molar-refractivity contribution in [2.75, 3.05) is 20.2 Å². The molecule has 0 aliphatic carbocycles. The first-order chi connectivity index (χ1) is 16.3. The second-order valence-electron chi connectivity index (χ2n) is 7.56. The lowest BCUT2D eigenvalue weighted by molar-refractivity contribution is -0.115. The Morgan fingerprint density at radius 2 is 1.94 bits per heavy atom. The number of ether oxygens (including phenoxy) is 3. The number of nitrogens with one attached hydrogen (secondary N) is 1. The van der Waals surface area contributed by atoms with E-state index in [1.54, 1.807) is 31.2 Å². The molecule has 0 saturated carbocycles. The molecule has 1 aromatic carbocycles. The SMILES string of the molecule is COc1cc(C=C2SC(=O)NC2=O)ccc1Oc1ncnc(OC2CCN(C(=O)O)CC2)c1C. The second kappa shape index (κ2) is 10.00. The average Bonchev–Trinajstić information content (AvgIpc) is 3.14. The van der Waals surface area contributed by atoms with Crippen LogP contribution in [0.2, 0.25) is 0 Å². The molecule has 1 aromatic heterocycles. The molecule has 2 aliphatic rings. The molecule has 12 heteroatoms. The van der Waals surface area contributed by atoms with Crippen LogP contribution in [0.3, 0.4) is 0 Å². The number of nitrogens with zero attached hydrogens (tertiary/aromatic N) is 3. The van der Waals surface area contributed by atoms with Crippen molar-refractivity contribution in [2.24, 2.45) is 0 Å². The fourth-order valence-corrected chi connectivity index (χ4v) is 4.18. The van der Waals surface area contributed by atoms with Crippen LogP contribution < -0.4 is 19.5 Å². The van der Waals surface area contributed by atoms with Crippen LogP contribution in [0.15, 0.2) is 29.4 Å². The summed E-state index contributed by atoms with van der Waals surface area (Å²) in [7, 11) is 1.49. The molecule has 2 saturated heterocycles. The summed E-state index contributed by atoms with van der Waals surface area (Å²) in [6.45, 7) is 2.58. The maximum absolute atomic E-state index is 11.8. The molecule has 3 amide bonds. The number of thioether (sulfide) groups is 1. The number of rotatable bonds is 6. The highest BCUT2D eigenvalue weighted by Crippen LogP contribution is 2.36. The number of carboxylic acid groups (broad SMARTS) is 1. The van der Waals surface area contributed by atoms with E-state index in [9.17, 15) is 14.4 Å². The first-order valence-electron chi connectivity index (χ1n) is 10.4. The fraction of sp³-hybridized carbons (Fsp3) is 0.318. The molecule has 0 radical (unpaired) electrons. The molecule has 4 rings (SSSR count). The summed E-state index contributed by atoms with van der Waals surface area (Å²) in [5, 5.41) is 10.9. The Morgan fingerprint density at radius 1 is 1.21 bits per heavy atom. The van der Waals surface area contributed by atoms with Crippen LogP contribution in [0.4, 0.5) is 9.59 Å². The fourth-order valence-electron chi connectivity index (χ4n) is 3.50. The molecule has 2 aromatic rings. The van der Waals surface area contributed by atoms with Gasteiger partial charge in [-0.2, -0.15) is 0 Å². The molecule has 0 spiro atoms. The van der Waals surface area contributed by atoms with Crippen molar-refractivity contribution in [3.8, 4) is 23.3 Å². The lowest BCUT2D eigenvalue weighted by Crippen LogP contribution is -2.41.